The summed E-state index contributed by atoms with van der Waals surface area (Å²) < 4.78 is 1.71. The Morgan fingerprint density at radius 3 is 2.56 bits per heavy atom. The van der Waals surface area contributed by atoms with Gasteiger partial charge in [0, 0.05) is 25.2 Å². The Morgan fingerprint density at radius 1 is 1.33 bits per heavy atom. The van der Waals surface area contributed by atoms with Crippen molar-refractivity contribution in [3.05, 3.63) is 52.3 Å². The monoisotopic (exact) mass is 263 g/mol. The summed E-state index contributed by atoms with van der Waals surface area (Å²) in [4.78, 5) is 0. The van der Waals surface area contributed by atoms with E-state index in [4.69, 9.17) is 11.6 Å². The zero-order valence-corrected chi connectivity index (χ0v) is 11.7. The zero-order valence-electron chi connectivity index (χ0n) is 10.9. The highest BCUT2D eigenvalue weighted by Gasteiger charge is 2.12. The molecule has 0 saturated heterocycles. The molecular formula is C14H18ClN3. The summed E-state index contributed by atoms with van der Waals surface area (Å²) in [6.45, 7) is 4.86. The van der Waals surface area contributed by atoms with Crippen LogP contribution >= 0.6 is 11.6 Å². The Hall–Kier alpha value is -1.32. The number of benzene rings is 1. The van der Waals surface area contributed by atoms with E-state index in [9.17, 15) is 0 Å². The third kappa shape index (κ3) is 2.74. The predicted octanol–water partition coefficient (Wildman–Crippen LogP) is 3.23. The summed E-state index contributed by atoms with van der Waals surface area (Å²) >= 11 is 6.20. The molecule has 1 heterocycles. The number of rotatable bonds is 4. The van der Waals surface area contributed by atoms with E-state index in [0.717, 1.165) is 17.8 Å². The van der Waals surface area contributed by atoms with Gasteiger partial charge in [-0.1, -0.05) is 41.9 Å². The summed E-state index contributed by atoms with van der Waals surface area (Å²) in [5.74, 6) is 0. The molecule has 0 bridgehead atoms. The van der Waals surface area contributed by atoms with Gasteiger partial charge in [-0.15, -0.1) is 0 Å². The normalized spacial score (nSPS) is 12.7. The van der Waals surface area contributed by atoms with Gasteiger partial charge < -0.3 is 5.32 Å². The number of nitrogens with one attached hydrogen (secondary N) is 1. The van der Waals surface area contributed by atoms with Gasteiger partial charge in [0.1, 0.15) is 5.15 Å². The summed E-state index contributed by atoms with van der Waals surface area (Å²) in [5.41, 5.74) is 3.33. The lowest BCUT2D eigenvalue weighted by atomic mass is 10.1. The molecule has 0 radical (unpaired) electrons. The van der Waals surface area contributed by atoms with Crippen LogP contribution in [0.25, 0.3) is 0 Å². The predicted molar refractivity (Wildman–Crippen MR) is 74.7 cm³/mol. The van der Waals surface area contributed by atoms with E-state index in [0.29, 0.717) is 11.2 Å². The van der Waals surface area contributed by atoms with E-state index < -0.39 is 0 Å². The van der Waals surface area contributed by atoms with Crippen molar-refractivity contribution in [3.8, 4) is 0 Å². The first-order chi connectivity index (χ1) is 8.59. The van der Waals surface area contributed by atoms with Gasteiger partial charge in [-0.2, -0.15) is 5.10 Å². The largest absolute Gasteiger partial charge is 0.306 e. The molecule has 3 nitrogen and oxygen atoms in total. The molecule has 1 aromatic heterocycles. The second kappa shape index (κ2) is 5.55. The molecule has 1 aromatic carbocycles. The van der Waals surface area contributed by atoms with Crippen molar-refractivity contribution in [2.24, 2.45) is 7.05 Å². The number of aromatic nitrogens is 2. The summed E-state index contributed by atoms with van der Waals surface area (Å²) in [5, 5.41) is 8.49. The molecule has 1 N–H and O–H groups in total. The van der Waals surface area contributed by atoms with Crippen molar-refractivity contribution in [1.82, 2.24) is 15.1 Å². The lowest BCUT2D eigenvalue weighted by Crippen LogP contribution is -2.18. The van der Waals surface area contributed by atoms with Crippen molar-refractivity contribution >= 4 is 11.6 Å². The Balaban J connectivity index is 2.04. The van der Waals surface area contributed by atoms with Crippen molar-refractivity contribution < 1.29 is 0 Å². The molecule has 2 rings (SSSR count). The molecule has 0 saturated carbocycles. The average Bonchev–Trinajstić information content (AvgIpc) is 2.62. The molecule has 0 fully saturated rings. The van der Waals surface area contributed by atoms with Gasteiger partial charge in [-0.3, -0.25) is 4.68 Å². The van der Waals surface area contributed by atoms with Crippen LogP contribution < -0.4 is 5.32 Å². The van der Waals surface area contributed by atoms with Crippen molar-refractivity contribution in [3.63, 3.8) is 0 Å². The van der Waals surface area contributed by atoms with Gasteiger partial charge in [-0.05, 0) is 19.4 Å². The minimum atomic E-state index is 0.293. The Morgan fingerprint density at radius 2 is 2.00 bits per heavy atom. The minimum Gasteiger partial charge on any atom is -0.306 e. The number of halogens is 1. The van der Waals surface area contributed by atoms with Crippen molar-refractivity contribution in [2.45, 2.75) is 26.4 Å². The molecule has 96 valence electrons. The molecule has 0 aliphatic heterocycles. The first-order valence-corrected chi connectivity index (χ1v) is 6.43. The molecular weight excluding hydrogens is 246 g/mol. The maximum Gasteiger partial charge on any atom is 0.131 e. The van der Waals surface area contributed by atoms with Gasteiger partial charge >= 0.3 is 0 Å². The van der Waals surface area contributed by atoms with E-state index in [1.54, 1.807) is 4.68 Å². The molecule has 0 aliphatic carbocycles. The average molecular weight is 264 g/mol. The van der Waals surface area contributed by atoms with Crippen LogP contribution in [0.3, 0.4) is 0 Å². The summed E-state index contributed by atoms with van der Waals surface area (Å²) in [7, 11) is 1.86. The molecule has 0 spiro atoms. The Labute approximate surface area is 113 Å². The quantitative estimate of drug-likeness (QED) is 0.918. The highest BCUT2D eigenvalue weighted by Crippen LogP contribution is 2.20. The van der Waals surface area contributed by atoms with Crippen LogP contribution in [0.5, 0.6) is 0 Å². The van der Waals surface area contributed by atoms with E-state index in [-0.39, 0.29) is 0 Å². The van der Waals surface area contributed by atoms with Gasteiger partial charge in [0.25, 0.3) is 0 Å². The van der Waals surface area contributed by atoms with Crippen LogP contribution in [-0.2, 0) is 13.6 Å². The van der Waals surface area contributed by atoms with E-state index in [1.165, 1.54) is 5.56 Å². The van der Waals surface area contributed by atoms with Crippen LogP contribution in [0, 0.1) is 6.92 Å². The number of aryl methyl sites for hydroxylation is 2. The van der Waals surface area contributed by atoms with E-state index in [2.05, 4.69) is 41.6 Å². The molecule has 0 amide bonds. The minimum absolute atomic E-state index is 0.293. The summed E-state index contributed by atoms with van der Waals surface area (Å²) in [6.07, 6.45) is 0. The molecule has 18 heavy (non-hydrogen) atoms. The van der Waals surface area contributed by atoms with Gasteiger partial charge in [0.15, 0.2) is 0 Å². The molecule has 1 atom stereocenters. The van der Waals surface area contributed by atoms with Crippen molar-refractivity contribution in [2.75, 3.05) is 0 Å². The number of nitrogens with zero attached hydrogens (tertiary/aromatic N) is 2. The lowest BCUT2D eigenvalue weighted by molar-refractivity contribution is 0.573. The van der Waals surface area contributed by atoms with E-state index >= 15 is 0 Å². The third-order valence-corrected chi connectivity index (χ3v) is 3.63. The number of hydrogen-bond acceptors (Lipinski definition) is 2. The van der Waals surface area contributed by atoms with Gasteiger partial charge in [0.2, 0.25) is 0 Å². The lowest BCUT2D eigenvalue weighted by Gasteiger charge is -2.14. The van der Waals surface area contributed by atoms with Crippen LogP contribution in [0.15, 0.2) is 30.3 Å². The molecule has 0 aliphatic rings. The highest BCUT2D eigenvalue weighted by atomic mass is 35.5. The highest BCUT2D eigenvalue weighted by molar-refractivity contribution is 6.30. The SMILES string of the molecule is Cc1nn(C)c(Cl)c1CN[C@@H](C)c1ccccc1. The van der Waals surface area contributed by atoms with Gasteiger partial charge in [-0.25, -0.2) is 0 Å². The molecule has 4 heteroatoms. The maximum atomic E-state index is 6.20. The molecule has 0 unspecified atom stereocenters. The van der Waals surface area contributed by atoms with Crippen LogP contribution in [0.1, 0.15) is 29.8 Å². The van der Waals surface area contributed by atoms with Crippen LogP contribution in [0.4, 0.5) is 0 Å². The Kier molecular flexibility index (Phi) is 4.04. The molecule has 2 aromatic rings. The fourth-order valence-corrected chi connectivity index (χ4v) is 2.23. The summed E-state index contributed by atoms with van der Waals surface area (Å²) in [6, 6.07) is 10.7. The first kappa shape index (κ1) is 13.1. The second-order valence-corrected chi connectivity index (χ2v) is 4.85. The zero-order chi connectivity index (χ0) is 13.1. The fourth-order valence-electron chi connectivity index (χ4n) is 1.99. The van der Waals surface area contributed by atoms with Gasteiger partial charge in [0.05, 0.1) is 5.69 Å². The fraction of sp³-hybridized carbons (Fsp3) is 0.357. The third-order valence-electron chi connectivity index (χ3n) is 3.15. The van der Waals surface area contributed by atoms with Crippen LogP contribution in [0.2, 0.25) is 5.15 Å². The first-order valence-electron chi connectivity index (χ1n) is 6.06. The second-order valence-electron chi connectivity index (χ2n) is 4.49. The smallest absolute Gasteiger partial charge is 0.131 e. The van der Waals surface area contributed by atoms with Crippen LogP contribution in [-0.4, -0.2) is 9.78 Å². The van der Waals surface area contributed by atoms with E-state index in [1.807, 2.05) is 20.0 Å². The van der Waals surface area contributed by atoms with Crippen molar-refractivity contribution in [1.29, 1.82) is 0 Å². The topological polar surface area (TPSA) is 29.9 Å². The standard InChI is InChI=1S/C14H18ClN3/c1-10(12-7-5-4-6-8-12)16-9-13-11(2)17-18(3)14(13)15/h4-8,10,16H,9H2,1-3H3/t10-/m0/s1. The number of hydrogen-bond donors (Lipinski definition) is 1. The maximum absolute atomic E-state index is 6.20. The Bertz CT molecular complexity index is 519.